The summed E-state index contributed by atoms with van der Waals surface area (Å²) >= 11 is 0. The van der Waals surface area contributed by atoms with Gasteiger partial charge >= 0.3 is 24.5 Å². The summed E-state index contributed by atoms with van der Waals surface area (Å²) in [5, 5.41) is 11.3. The fourth-order valence-electron chi connectivity index (χ4n) is 4.69. The Balaban J connectivity index is 1.91. The average molecular weight is 576 g/mol. The van der Waals surface area contributed by atoms with Crippen LogP contribution in [0, 0.1) is 6.92 Å². The summed E-state index contributed by atoms with van der Waals surface area (Å²) < 4.78 is 85.9. The molecule has 0 bridgehead atoms. The molecule has 1 aliphatic rings. The van der Waals surface area contributed by atoms with Crippen molar-refractivity contribution in [1.29, 1.82) is 0 Å². The molecule has 2 aromatic carbocycles. The third-order valence-corrected chi connectivity index (χ3v) is 6.98. The average Bonchev–Trinajstić information content (AvgIpc) is 2.89. The Kier molecular flexibility index (Phi) is 9.60. The van der Waals surface area contributed by atoms with Crippen LogP contribution in [0.2, 0.25) is 0 Å². The Labute approximate surface area is 227 Å². The number of alkyl halides is 6. The van der Waals surface area contributed by atoms with Gasteiger partial charge in [-0.05, 0) is 48.7 Å². The van der Waals surface area contributed by atoms with Crippen LogP contribution in [0.4, 0.5) is 35.9 Å². The van der Waals surface area contributed by atoms with Gasteiger partial charge in [-0.1, -0.05) is 24.3 Å². The van der Waals surface area contributed by atoms with E-state index >= 15 is 0 Å². The van der Waals surface area contributed by atoms with E-state index in [0.717, 1.165) is 16.0 Å². The highest BCUT2D eigenvalue weighted by Gasteiger charge is 2.40. The highest BCUT2D eigenvalue weighted by atomic mass is 19.4. The molecule has 0 aliphatic carbocycles. The van der Waals surface area contributed by atoms with Crippen LogP contribution in [0.5, 0.6) is 0 Å². The number of likely N-dealkylation sites (tertiary alicyclic amines) is 1. The number of nitrogens with zero attached hydrogens (tertiary/aromatic N) is 2. The Morgan fingerprint density at radius 1 is 1.10 bits per heavy atom. The van der Waals surface area contributed by atoms with Crippen molar-refractivity contribution in [3.05, 3.63) is 70.3 Å². The van der Waals surface area contributed by atoms with Gasteiger partial charge in [0.05, 0.1) is 29.8 Å². The lowest BCUT2D eigenvalue weighted by atomic mass is 9.90. The number of benzene rings is 2. The van der Waals surface area contributed by atoms with E-state index in [2.05, 4.69) is 5.32 Å². The molecule has 0 spiro atoms. The maximum atomic E-state index is 13.7. The zero-order chi connectivity index (χ0) is 29.8. The number of carbonyl (C=O) groups excluding carboxylic acids is 2. The van der Waals surface area contributed by atoms with Gasteiger partial charge in [-0.25, -0.2) is 9.59 Å². The maximum absolute atomic E-state index is 13.7. The van der Waals surface area contributed by atoms with Crippen molar-refractivity contribution in [2.75, 3.05) is 26.7 Å². The van der Waals surface area contributed by atoms with Gasteiger partial charge in [-0.3, -0.25) is 0 Å². The number of hydrogen-bond donors (Lipinski definition) is 2. The van der Waals surface area contributed by atoms with E-state index in [-0.39, 0.29) is 44.2 Å². The number of aryl methyl sites for hydroxylation is 1. The molecule has 40 heavy (non-hydrogen) atoms. The fourth-order valence-corrected chi connectivity index (χ4v) is 4.69. The molecule has 2 N–H and O–H groups in total. The monoisotopic (exact) mass is 575 g/mol. The van der Waals surface area contributed by atoms with Crippen molar-refractivity contribution < 1.29 is 45.8 Å². The molecular weight excluding hydrogens is 544 g/mol. The zero-order valence-corrected chi connectivity index (χ0v) is 22.1. The van der Waals surface area contributed by atoms with Gasteiger partial charge < -0.3 is 25.0 Å². The first kappa shape index (κ1) is 31.1. The van der Waals surface area contributed by atoms with Gasteiger partial charge in [-0.2, -0.15) is 26.3 Å². The molecule has 1 aliphatic heterocycles. The van der Waals surface area contributed by atoms with E-state index in [0.29, 0.717) is 12.1 Å². The fraction of sp³-hybridized carbons (Fsp3) is 0.481. The highest BCUT2D eigenvalue weighted by Crippen LogP contribution is 2.39. The third-order valence-electron chi connectivity index (χ3n) is 6.98. The van der Waals surface area contributed by atoms with Crippen LogP contribution in [-0.4, -0.2) is 59.9 Å². The number of piperidine rings is 1. The van der Waals surface area contributed by atoms with Crippen LogP contribution in [0.15, 0.2) is 42.5 Å². The van der Waals surface area contributed by atoms with Gasteiger partial charge in [0, 0.05) is 33.0 Å². The molecule has 13 heteroatoms. The molecule has 2 aromatic rings. The first-order valence-electron chi connectivity index (χ1n) is 12.6. The minimum atomic E-state index is -5.01. The molecule has 7 nitrogen and oxygen atoms in total. The number of carbonyl (C=O) groups is 2. The van der Waals surface area contributed by atoms with E-state index in [1.54, 1.807) is 12.1 Å². The lowest BCUT2D eigenvalue weighted by Gasteiger charge is -2.42. The van der Waals surface area contributed by atoms with Gasteiger partial charge in [-0.15, -0.1) is 0 Å². The van der Waals surface area contributed by atoms with Crippen molar-refractivity contribution >= 4 is 12.1 Å². The van der Waals surface area contributed by atoms with E-state index in [1.165, 1.54) is 18.9 Å². The van der Waals surface area contributed by atoms with Crippen molar-refractivity contribution in [3.8, 4) is 0 Å². The molecular formula is C27H31F6N3O4. The normalized spacial score (nSPS) is 18.7. The minimum absolute atomic E-state index is 0.00562. The Hall–Kier alpha value is -3.48. The molecule has 1 fully saturated rings. The molecule has 0 aromatic heterocycles. The van der Waals surface area contributed by atoms with Crippen LogP contribution in [-0.2, 0) is 17.1 Å². The van der Waals surface area contributed by atoms with Crippen molar-refractivity contribution in [2.24, 2.45) is 0 Å². The summed E-state index contributed by atoms with van der Waals surface area (Å²) in [6.45, 7) is 3.05. The van der Waals surface area contributed by atoms with Crippen LogP contribution in [0.3, 0.4) is 0 Å². The Bertz CT molecular complexity index is 1170. The molecule has 220 valence electrons. The lowest BCUT2D eigenvalue weighted by Crippen LogP contribution is -2.49. The van der Waals surface area contributed by atoms with Crippen LogP contribution in [0.25, 0.3) is 0 Å². The largest absolute Gasteiger partial charge is 0.446 e. The molecule has 3 amide bonds. The molecule has 1 saturated heterocycles. The van der Waals surface area contributed by atoms with Crippen LogP contribution < -0.4 is 5.32 Å². The number of aliphatic hydroxyl groups excluding tert-OH is 1. The van der Waals surface area contributed by atoms with Crippen molar-refractivity contribution in [1.82, 2.24) is 15.1 Å². The molecule has 1 heterocycles. The molecule has 3 rings (SSSR count). The smallest absolute Gasteiger partial charge is 0.416 e. The number of hydrogen-bond acceptors (Lipinski definition) is 4. The highest BCUT2D eigenvalue weighted by molar-refractivity contribution is 5.75. The predicted molar refractivity (Wildman–Crippen MR) is 133 cm³/mol. The summed E-state index contributed by atoms with van der Waals surface area (Å²) in [5.41, 5.74) is -1.62. The first-order valence-corrected chi connectivity index (χ1v) is 12.6. The Morgan fingerprint density at radius 3 is 2.25 bits per heavy atom. The van der Waals surface area contributed by atoms with E-state index < -0.39 is 53.8 Å². The van der Waals surface area contributed by atoms with Gasteiger partial charge in [0.2, 0.25) is 0 Å². The Morgan fingerprint density at radius 2 is 1.70 bits per heavy atom. The first-order chi connectivity index (χ1) is 18.6. The van der Waals surface area contributed by atoms with Crippen molar-refractivity contribution in [3.63, 3.8) is 0 Å². The van der Waals surface area contributed by atoms with Gasteiger partial charge in [0.25, 0.3) is 0 Å². The number of amides is 3. The lowest BCUT2D eigenvalue weighted by molar-refractivity contribution is -0.143. The summed E-state index contributed by atoms with van der Waals surface area (Å²) in [6.07, 6.45) is -10.9. The zero-order valence-electron chi connectivity index (χ0n) is 22.1. The topological polar surface area (TPSA) is 82.1 Å². The summed E-state index contributed by atoms with van der Waals surface area (Å²) in [4.78, 5) is 28.4. The standard InChI is InChI=1S/C27H31F6N3O4/c1-16-6-4-5-7-22(16)23-15-21(40-24(38)34-9-11-37)8-10-36(23)25(39)35(3)17(2)18-12-19(26(28,29)30)14-20(13-18)27(31,32)33/h4-7,12-14,17,21,23,37H,8-11,15H2,1-3H3,(H,34,38)/t17-,21+,23+/m0/s1. The van der Waals surface area contributed by atoms with E-state index in [9.17, 15) is 35.9 Å². The number of nitrogens with one attached hydrogen (secondary N) is 1. The number of urea groups is 1. The number of rotatable bonds is 6. The third kappa shape index (κ3) is 7.38. The summed E-state index contributed by atoms with van der Waals surface area (Å²) in [6, 6.07) is 6.20. The number of halogens is 6. The van der Waals surface area contributed by atoms with Gasteiger partial charge in [0.15, 0.2) is 0 Å². The number of ether oxygens (including phenoxy) is 1. The van der Waals surface area contributed by atoms with Gasteiger partial charge in [0.1, 0.15) is 6.10 Å². The molecule has 0 unspecified atom stereocenters. The van der Waals surface area contributed by atoms with Crippen LogP contribution >= 0.6 is 0 Å². The summed E-state index contributed by atoms with van der Waals surface area (Å²) in [5.74, 6) is 0. The minimum Gasteiger partial charge on any atom is -0.446 e. The van der Waals surface area contributed by atoms with E-state index in [4.69, 9.17) is 9.84 Å². The SMILES string of the molecule is Cc1ccccc1[C@H]1C[C@H](OC(=O)NCCO)CCN1C(=O)N(C)[C@@H](C)c1cc(C(F)(F)F)cc(C(F)(F)F)c1. The quantitative estimate of drug-likeness (QED) is 0.410. The predicted octanol–water partition coefficient (Wildman–Crippen LogP) is 6.07. The van der Waals surface area contributed by atoms with E-state index in [1.807, 2.05) is 19.1 Å². The summed E-state index contributed by atoms with van der Waals surface area (Å²) in [7, 11) is 1.32. The second-order valence-electron chi connectivity index (χ2n) is 9.68. The molecule has 0 saturated carbocycles. The molecule has 0 radical (unpaired) electrons. The second kappa shape index (κ2) is 12.4. The second-order valence-corrected chi connectivity index (χ2v) is 9.68. The van der Waals surface area contributed by atoms with Crippen molar-refractivity contribution in [2.45, 2.75) is 57.2 Å². The van der Waals surface area contributed by atoms with Crippen LogP contribution in [0.1, 0.15) is 59.7 Å². The number of alkyl carbamates (subject to hydrolysis) is 1. The maximum Gasteiger partial charge on any atom is 0.416 e. The number of aliphatic hydroxyl groups is 1. The molecule has 3 atom stereocenters.